The number of hydrogen-bond donors (Lipinski definition) is 3. The first-order chi connectivity index (χ1) is 10.8. The van der Waals surface area contributed by atoms with E-state index in [4.69, 9.17) is 4.74 Å². The number of benzene rings is 1. The Morgan fingerprint density at radius 1 is 1.17 bits per heavy atom. The second-order valence-electron chi connectivity index (χ2n) is 6.16. The molecule has 0 aromatic heterocycles. The van der Waals surface area contributed by atoms with E-state index in [1.165, 1.54) is 12.6 Å². The van der Waals surface area contributed by atoms with Crippen molar-refractivity contribution in [2.45, 2.75) is 39.2 Å². The van der Waals surface area contributed by atoms with Crippen molar-refractivity contribution in [3.05, 3.63) is 29.8 Å². The molecule has 0 bridgehead atoms. The smallest absolute Gasteiger partial charge is 0.315 e. The van der Waals surface area contributed by atoms with Gasteiger partial charge in [0.25, 0.3) is 0 Å². The minimum atomic E-state index is -0.987. The number of ether oxygens (including phenoxy) is 1. The third kappa shape index (κ3) is 6.18. The fourth-order valence-corrected chi connectivity index (χ4v) is 1.91. The van der Waals surface area contributed by atoms with Crippen molar-refractivity contribution < 1.29 is 14.3 Å². The molecule has 0 aliphatic carbocycles. The fraction of sp³-hybridized carbons (Fsp3) is 0.529. The van der Waals surface area contributed by atoms with Gasteiger partial charge in [-0.3, -0.25) is 4.79 Å². The fourth-order valence-electron chi connectivity index (χ4n) is 1.91. The summed E-state index contributed by atoms with van der Waals surface area (Å²) in [6.45, 7) is 8.29. The largest absolute Gasteiger partial charge is 0.492 e. The van der Waals surface area contributed by atoms with Crippen LogP contribution in [0.5, 0.6) is 5.75 Å². The second-order valence-corrected chi connectivity index (χ2v) is 6.16. The Kier molecular flexibility index (Phi) is 6.88. The van der Waals surface area contributed by atoms with Crippen LogP contribution in [-0.2, 0) is 4.79 Å². The Morgan fingerprint density at radius 2 is 1.78 bits per heavy atom. The summed E-state index contributed by atoms with van der Waals surface area (Å²) in [7, 11) is 1.50. The van der Waals surface area contributed by atoms with Crippen molar-refractivity contribution >= 4 is 11.9 Å². The van der Waals surface area contributed by atoms with E-state index in [1.807, 2.05) is 24.3 Å². The van der Waals surface area contributed by atoms with Crippen molar-refractivity contribution in [3.63, 3.8) is 0 Å². The van der Waals surface area contributed by atoms with Crippen LogP contribution in [-0.4, -0.2) is 37.7 Å². The molecule has 0 aliphatic heterocycles. The topological polar surface area (TPSA) is 79.5 Å². The SMILES string of the molecule is CNC(=O)NC(C)(C)C(=O)NCCOc1ccc(C(C)C)cc1. The van der Waals surface area contributed by atoms with Gasteiger partial charge >= 0.3 is 6.03 Å². The normalized spacial score (nSPS) is 11.0. The van der Waals surface area contributed by atoms with Gasteiger partial charge in [-0.05, 0) is 37.5 Å². The lowest BCUT2D eigenvalue weighted by Gasteiger charge is -2.24. The van der Waals surface area contributed by atoms with Crippen LogP contribution in [0, 0.1) is 0 Å². The summed E-state index contributed by atoms with van der Waals surface area (Å²) in [6, 6.07) is 7.53. The molecule has 0 aliphatic rings. The summed E-state index contributed by atoms with van der Waals surface area (Å²) < 4.78 is 5.59. The monoisotopic (exact) mass is 321 g/mol. The Hall–Kier alpha value is -2.24. The molecule has 6 heteroatoms. The van der Waals surface area contributed by atoms with Crippen molar-refractivity contribution in [1.82, 2.24) is 16.0 Å². The lowest BCUT2D eigenvalue weighted by molar-refractivity contribution is -0.126. The first-order valence-corrected chi connectivity index (χ1v) is 7.77. The molecule has 6 nitrogen and oxygen atoms in total. The highest BCUT2D eigenvalue weighted by molar-refractivity contribution is 5.90. The number of amides is 3. The van der Waals surface area contributed by atoms with Crippen molar-refractivity contribution in [2.75, 3.05) is 20.2 Å². The van der Waals surface area contributed by atoms with Crippen molar-refractivity contribution in [1.29, 1.82) is 0 Å². The Morgan fingerprint density at radius 3 is 2.30 bits per heavy atom. The van der Waals surface area contributed by atoms with Crippen LogP contribution in [0.15, 0.2) is 24.3 Å². The van der Waals surface area contributed by atoms with Crippen LogP contribution >= 0.6 is 0 Å². The van der Waals surface area contributed by atoms with E-state index in [0.717, 1.165) is 5.75 Å². The molecule has 1 aromatic rings. The maximum absolute atomic E-state index is 12.0. The summed E-state index contributed by atoms with van der Waals surface area (Å²) in [5.41, 5.74) is 0.270. The van der Waals surface area contributed by atoms with E-state index in [-0.39, 0.29) is 5.91 Å². The van der Waals surface area contributed by atoms with Crippen LogP contribution < -0.4 is 20.7 Å². The summed E-state index contributed by atoms with van der Waals surface area (Å²) >= 11 is 0. The van der Waals surface area contributed by atoms with Gasteiger partial charge in [-0.1, -0.05) is 26.0 Å². The van der Waals surface area contributed by atoms with E-state index in [2.05, 4.69) is 29.8 Å². The van der Waals surface area contributed by atoms with Gasteiger partial charge in [0, 0.05) is 7.05 Å². The quantitative estimate of drug-likeness (QED) is 0.672. The van der Waals surface area contributed by atoms with Gasteiger partial charge in [0.05, 0.1) is 6.54 Å². The van der Waals surface area contributed by atoms with Gasteiger partial charge in [-0.2, -0.15) is 0 Å². The number of nitrogens with one attached hydrogen (secondary N) is 3. The standard InChI is InChI=1S/C17H27N3O3/c1-12(2)13-6-8-14(9-7-13)23-11-10-19-15(21)17(3,4)20-16(22)18-5/h6-9,12H,10-11H2,1-5H3,(H,19,21)(H2,18,20,22). The minimum Gasteiger partial charge on any atom is -0.492 e. The van der Waals surface area contributed by atoms with E-state index >= 15 is 0 Å². The first kappa shape index (κ1) is 18.8. The molecule has 1 aromatic carbocycles. The number of urea groups is 1. The van der Waals surface area contributed by atoms with Crippen molar-refractivity contribution in [3.8, 4) is 5.75 Å². The van der Waals surface area contributed by atoms with E-state index in [9.17, 15) is 9.59 Å². The Labute approximate surface area is 138 Å². The maximum atomic E-state index is 12.0. The van der Waals surface area contributed by atoms with Gasteiger partial charge in [0.2, 0.25) is 5.91 Å². The predicted octanol–water partition coefficient (Wildman–Crippen LogP) is 2.01. The molecule has 0 saturated heterocycles. The van der Waals surface area contributed by atoms with Crippen LogP contribution in [0.3, 0.4) is 0 Å². The first-order valence-electron chi connectivity index (χ1n) is 7.77. The number of carbonyl (C=O) groups excluding carboxylic acids is 2. The lowest BCUT2D eigenvalue weighted by atomic mass is 10.0. The molecule has 0 atom stereocenters. The van der Waals surface area contributed by atoms with E-state index in [1.54, 1.807) is 13.8 Å². The summed E-state index contributed by atoms with van der Waals surface area (Å²) in [5, 5.41) is 7.75. The molecular formula is C17H27N3O3. The average molecular weight is 321 g/mol. The highest BCUT2D eigenvalue weighted by Crippen LogP contribution is 2.18. The van der Waals surface area contributed by atoms with Gasteiger partial charge in [-0.15, -0.1) is 0 Å². The van der Waals surface area contributed by atoms with Crippen molar-refractivity contribution in [2.24, 2.45) is 0 Å². The molecule has 3 N–H and O–H groups in total. The van der Waals surface area contributed by atoms with Crippen LogP contribution in [0.4, 0.5) is 4.79 Å². The average Bonchev–Trinajstić information content (AvgIpc) is 2.51. The highest BCUT2D eigenvalue weighted by atomic mass is 16.5. The zero-order valence-electron chi connectivity index (χ0n) is 14.5. The molecule has 0 spiro atoms. The van der Waals surface area contributed by atoms with E-state index in [0.29, 0.717) is 19.1 Å². The number of carbonyl (C=O) groups is 2. The predicted molar refractivity (Wildman–Crippen MR) is 90.7 cm³/mol. The van der Waals surface area contributed by atoms with Crippen LogP contribution in [0.25, 0.3) is 0 Å². The summed E-state index contributed by atoms with van der Waals surface area (Å²) in [5.74, 6) is 0.990. The van der Waals surface area contributed by atoms with Gasteiger partial charge in [0.15, 0.2) is 0 Å². The molecule has 23 heavy (non-hydrogen) atoms. The summed E-state index contributed by atoms with van der Waals surface area (Å²) in [4.78, 5) is 23.3. The molecular weight excluding hydrogens is 294 g/mol. The Bertz CT molecular complexity index is 524. The van der Waals surface area contributed by atoms with Gasteiger partial charge in [0.1, 0.15) is 17.9 Å². The van der Waals surface area contributed by atoms with E-state index < -0.39 is 11.6 Å². The second kappa shape index (κ2) is 8.41. The Balaban J connectivity index is 2.36. The van der Waals surface area contributed by atoms with Gasteiger partial charge < -0.3 is 20.7 Å². The molecule has 0 heterocycles. The lowest BCUT2D eigenvalue weighted by Crippen LogP contribution is -2.57. The highest BCUT2D eigenvalue weighted by Gasteiger charge is 2.28. The zero-order valence-corrected chi connectivity index (χ0v) is 14.5. The molecule has 0 radical (unpaired) electrons. The molecule has 0 saturated carbocycles. The zero-order chi connectivity index (χ0) is 17.5. The molecule has 128 valence electrons. The molecule has 0 fully saturated rings. The minimum absolute atomic E-state index is 0.264. The number of hydrogen-bond acceptors (Lipinski definition) is 3. The number of rotatable bonds is 7. The molecule has 1 rings (SSSR count). The third-order valence-electron chi connectivity index (χ3n) is 3.42. The molecule has 3 amide bonds. The van der Waals surface area contributed by atoms with Crippen LogP contribution in [0.1, 0.15) is 39.2 Å². The van der Waals surface area contributed by atoms with Gasteiger partial charge in [-0.25, -0.2) is 4.79 Å². The summed E-state index contributed by atoms with van der Waals surface area (Å²) in [6.07, 6.45) is 0. The maximum Gasteiger partial charge on any atom is 0.315 e. The van der Waals surface area contributed by atoms with Crippen LogP contribution in [0.2, 0.25) is 0 Å². The third-order valence-corrected chi connectivity index (χ3v) is 3.42. The molecule has 0 unspecified atom stereocenters.